The molecule has 2 aromatic carbocycles. The van der Waals surface area contributed by atoms with Gasteiger partial charge in [0.15, 0.2) is 5.17 Å². The van der Waals surface area contributed by atoms with Gasteiger partial charge >= 0.3 is 0 Å². The number of nitrogens with zero attached hydrogens (tertiary/aromatic N) is 2. The Hall–Kier alpha value is -1.95. The van der Waals surface area contributed by atoms with Gasteiger partial charge in [-0.25, -0.2) is 0 Å². The summed E-state index contributed by atoms with van der Waals surface area (Å²) in [6.45, 7) is 5.83. The van der Waals surface area contributed by atoms with Gasteiger partial charge in [-0.15, -0.1) is 0 Å². The number of phenols is 1. The van der Waals surface area contributed by atoms with E-state index in [1.54, 1.807) is 29.2 Å². The lowest BCUT2D eigenvalue weighted by atomic mass is 10.2. The van der Waals surface area contributed by atoms with Gasteiger partial charge in [0.05, 0.1) is 15.6 Å². The van der Waals surface area contributed by atoms with Crippen molar-refractivity contribution in [2.75, 3.05) is 4.90 Å². The molecule has 0 unspecified atom stereocenters. The third-order valence-corrected chi connectivity index (χ3v) is 5.55. The Morgan fingerprint density at radius 2 is 1.89 bits per heavy atom. The number of hydrogen-bond acceptors (Lipinski definition) is 4. The first kappa shape index (κ1) is 19.8. The first-order valence-corrected chi connectivity index (χ1v) is 9.90. The first-order chi connectivity index (χ1) is 12.8. The highest BCUT2D eigenvalue weighted by molar-refractivity contribution is 8.19. The van der Waals surface area contributed by atoms with E-state index in [2.05, 4.69) is 4.99 Å². The van der Waals surface area contributed by atoms with Crippen molar-refractivity contribution in [1.29, 1.82) is 0 Å². The molecule has 0 spiro atoms. The number of amidine groups is 1. The third kappa shape index (κ3) is 4.32. The van der Waals surface area contributed by atoms with E-state index in [4.69, 9.17) is 23.2 Å². The van der Waals surface area contributed by atoms with E-state index >= 15 is 0 Å². The summed E-state index contributed by atoms with van der Waals surface area (Å²) in [7, 11) is 0. The van der Waals surface area contributed by atoms with Crippen molar-refractivity contribution in [2.45, 2.75) is 26.8 Å². The molecule has 1 aliphatic rings. The molecule has 0 aliphatic carbocycles. The number of phenolic OH excluding ortho intramolecular Hbond substituents is 1. The minimum absolute atomic E-state index is 0.00204. The van der Waals surface area contributed by atoms with E-state index in [0.717, 1.165) is 11.1 Å². The Kier molecular flexibility index (Phi) is 5.84. The number of rotatable bonds is 3. The fourth-order valence-electron chi connectivity index (χ4n) is 2.49. The maximum atomic E-state index is 13.1. The summed E-state index contributed by atoms with van der Waals surface area (Å²) in [4.78, 5) is 19.8. The van der Waals surface area contributed by atoms with Crippen LogP contribution in [0.4, 0.5) is 5.69 Å². The second kappa shape index (κ2) is 7.97. The van der Waals surface area contributed by atoms with Crippen molar-refractivity contribution in [1.82, 2.24) is 0 Å². The molecule has 0 saturated carbocycles. The number of aromatic hydroxyl groups is 1. The molecule has 27 heavy (non-hydrogen) atoms. The van der Waals surface area contributed by atoms with Crippen LogP contribution in [0.2, 0.25) is 10.0 Å². The van der Waals surface area contributed by atoms with Crippen molar-refractivity contribution in [3.05, 3.63) is 62.5 Å². The summed E-state index contributed by atoms with van der Waals surface area (Å²) in [6.07, 6.45) is 1.74. The maximum Gasteiger partial charge on any atom is 0.271 e. The van der Waals surface area contributed by atoms with Gasteiger partial charge in [0.2, 0.25) is 0 Å². The van der Waals surface area contributed by atoms with E-state index in [1.807, 2.05) is 32.9 Å². The average molecular weight is 421 g/mol. The van der Waals surface area contributed by atoms with Gasteiger partial charge in [0.1, 0.15) is 5.75 Å². The van der Waals surface area contributed by atoms with Crippen LogP contribution in [0.25, 0.3) is 6.08 Å². The van der Waals surface area contributed by atoms with E-state index in [0.29, 0.717) is 20.8 Å². The molecule has 0 aromatic heterocycles. The molecule has 1 amide bonds. The number of benzene rings is 2. The molecule has 0 atom stereocenters. The van der Waals surface area contributed by atoms with Gasteiger partial charge in [0, 0.05) is 11.1 Å². The number of amides is 1. The minimum Gasteiger partial charge on any atom is -0.506 e. The molecule has 1 N–H and O–H groups in total. The Labute approximate surface area is 172 Å². The summed E-state index contributed by atoms with van der Waals surface area (Å²) in [5, 5.41) is 11.0. The summed E-state index contributed by atoms with van der Waals surface area (Å²) < 4.78 is 0. The zero-order valence-corrected chi connectivity index (χ0v) is 17.4. The van der Waals surface area contributed by atoms with Crippen molar-refractivity contribution >= 4 is 57.8 Å². The van der Waals surface area contributed by atoms with Crippen LogP contribution in [0.1, 0.15) is 25.0 Å². The fourth-order valence-corrected chi connectivity index (χ4v) is 3.97. The smallest absolute Gasteiger partial charge is 0.271 e. The van der Waals surface area contributed by atoms with Gasteiger partial charge in [-0.2, -0.15) is 0 Å². The maximum absolute atomic E-state index is 13.1. The van der Waals surface area contributed by atoms with Crippen LogP contribution in [0, 0.1) is 6.92 Å². The quantitative estimate of drug-likeness (QED) is 0.629. The highest BCUT2D eigenvalue weighted by atomic mass is 35.5. The fraction of sp³-hybridized carbons (Fsp3) is 0.200. The first-order valence-electron chi connectivity index (χ1n) is 8.32. The molecule has 1 fully saturated rings. The van der Waals surface area contributed by atoms with Crippen LogP contribution in [0.3, 0.4) is 0 Å². The van der Waals surface area contributed by atoms with Crippen LogP contribution in [-0.2, 0) is 4.79 Å². The van der Waals surface area contributed by atoms with E-state index in [-0.39, 0.29) is 22.7 Å². The Bertz CT molecular complexity index is 970. The van der Waals surface area contributed by atoms with E-state index in [9.17, 15) is 9.90 Å². The molecular formula is C20H18Cl2N2O2S. The standard InChI is InChI=1S/C20H18Cl2N2O2S/c1-11(2)23-20-24(14-6-4-12(3)15(21)10-14)19(26)18(27-20)9-13-5-7-17(25)16(22)8-13/h4-11,25H,1-3H3/b18-9-,23-20?. The van der Waals surface area contributed by atoms with Crippen molar-refractivity contribution in [3.8, 4) is 5.75 Å². The van der Waals surface area contributed by atoms with Crippen molar-refractivity contribution < 1.29 is 9.90 Å². The lowest BCUT2D eigenvalue weighted by Gasteiger charge is -2.17. The molecule has 0 radical (unpaired) electrons. The number of aryl methyl sites for hydroxylation is 1. The van der Waals surface area contributed by atoms with E-state index < -0.39 is 0 Å². The molecule has 2 aromatic rings. The highest BCUT2D eigenvalue weighted by Gasteiger charge is 2.35. The number of anilines is 1. The molecule has 0 bridgehead atoms. The molecule has 140 valence electrons. The number of carbonyl (C=O) groups is 1. The van der Waals surface area contributed by atoms with Crippen molar-refractivity contribution in [3.63, 3.8) is 0 Å². The number of carbonyl (C=O) groups excluding carboxylic acids is 1. The van der Waals surface area contributed by atoms with E-state index in [1.165, 1.54) is 17.8 Å². The Balaban J connectivity index is 2.04. The summed E-state index contributed by atoms with van der Waals surface area (Å²) in [5.74, 6) is -0.175. The zero-order chi connectivity index (χ0) is 19.7. The number of aliphatic imine (C=N–C) groups is 1. The number of hydrogen-bond donors (Lipinski definition) is 1. The van der Waals surface area contributed by atoms with Crippen molar-refractivity contribution in [2.24, 2.45) is 4.99 Å². The number of thioether (sulfide) groups is 1. The van der Waals surface area contributed by atoms with Crippen LogP contribution in [0.5, 0.6) is 5.75 Å². The molecule has 4 nitrogen and oxygen atoms in total. The minimum atomic E-state index is -0.177. The molecule has 3 rings (SSSR count). The van der Waals surface area contributed by atoms with Gasteiger partial charge in [0.25, 0.3) is 5.91 Å². The second-order valence-electron chi connectivity index (χ2n) is 6.40. The lowest BCUT2D eigenvalue weighted by molar-refractivity contribution is -0.113. The van der Waals surface area contributed by atoms with Gasteiger partial charge in [-0.1, -0.05) is 35.3 Å². The monoisotopic (exact) mass is 420 g/mol. The molecule has 1 saturated heterocycles. The summed E-state index contributed by atoms with van der Waals surface area (Å²) in [5.41, 5.74) is 2.34. The van der Waals surface area contributed by atoms with Gasteiger partial charge in [-0.3, -0.25) is 14.7 Å². The predicted octanol–water partition coefficient (Wildman–Crippen LogP) is 5.89. The zero-order valence-electron chi connectivity index (χ0n) is 15.0. The Morgan fingerprint density at radius 1 is 1.15 bits per heavy atom. The highest BCUT2D eigenvalue weighted by Crippen LogP contribution is 2.38. The second-order valence-corrected chi connectivity index (χ2v) is 8.22. The SMILES string of the molecule is Cc1ccc(N2C(=O)/C(=C/c3ccc(O)c(Cl)c3)SC2=NC(C)C)cc1Cl. The lowest BCUT2D eigenvalue weighted by Crippen LogP contribution is -2.29. The van der Waals surface area contributed by atoms with Crippen LogP contribution in [0.15, 0.2) is 46.3 Å². The predicted molar refractivity (Wildman–Crippen MR) is 115 cm³/mol. The largest absolute Gasteiger partial charge is 0.506 e. The third-order valence-electron chi connectivity index (χ3n) is 3.86. The van der Waals surface area contributed by atoms with Crippen LogP contribution in [-0.4, -0.2) is 22.2 Å². The molecule has 7 heteroatoms. The summed E-state index contributed by atoms with van der Waals surface area (Å²) in [6, 6.07) is 10.4. The summed E-state index contributed by atoms with van der Waals surface area (Å²) >= 11 is 13.5. The molecule has 1 heterocycles. The average Bonchev–Trinajstić information content (AvgIpc) is 2.88. The molecular weight excluding hydrogens is 403 g/mol. The topological polar surface area (TPSA) is 52.9 Å². The van der Waals surface area contributed by atoms with Crippen LogP contribution < -0.4 is 4.90 Å². The molecule has 1 aliphatic heterocycles. The Morgan fingerprint density at radius 3 is 2.52 bits per heavy atom. The normalized spacial score (nSPS) is 17.6. The number of halogens is 2. The van der Waals surface area contributed by atoms with Crippen LogP contribution >= 0.6 is 35.0 Å². The van der Waals surface area contributed by atoms with Gasteiger partial charge < -0.3 is 5.11 Å². The van der Waals surface area contributed by atoms with Gasteiger partial charge in [-0.05, 0) is 74.0 Å².